The summed E-state index contributed by atoms with van der Waals surface area (Å²) in [5.41, 5.74) is 2.07. The van der Waals surface area contributed by atoms with E-state index < -0.39 is 32.7 Å². The molecule has 29 heavy (non-hydrogen) atoms. The van der Waals surface area contributed by atoms with Crippen molar-refractivity contribution in [2.75, 3.05) is 12.0 Å². The summed E-state index contributed by atoms with van der Waals surface area (Å²) in [6, 6.07) is 9.45. The molecule has 2 aromatic rings. The molecule has 0 fully saturated rings. The van der Waals surface area contributed by atoms with Gasteiger partial charge in [0.15, 0.2) is 0 Å². The van der Waals surface area contributed by atoms with Gasteiger partial charge in [-0.05, 0) is 66.7 Å². The molecule has 2 N–H and O–H groups in total. The second-order valence-electron chi connectivity index (χ2n) is 6.83. The van der Waals surface area contributed by atoms with E-state index >= 15 is 0 Å². The van der Waals surface area contributed by atoms with Crippen LogP contribution in [0.5, 0.6) is 0 Å². The molecule has 2 aromatic carbocycles. The predicted octanol–water partition coefficient (Wildman–Crippen LogP) is 3.68. The first-order chi connectivity index (χ1) is 13.8. The van der Waals surface area contributed by atoms with Crippen LogP contribution in [-0.4, -0.2) is 32.4 Å². The summed E-state index contributed by atoms with van der Waals surface area (Å²) >= 11 is 7.53. The van der Waals surface area contributed by atoms with Gasteiger partial charge >= 0.3 is 0 Å². The van der Waals surface area contributed by atoms with E-state index in [1.54, 1.807) is 6.07 Å². The summed E-state index contributed by atoms with van der Waals surface area (Å²) in [4.78, 5) is 12.4. The fourth-order valence-electron chi connectivity index (χ4n) is 3.40. The number of amides is 1. The van der Waals surface area contributed by atoms with Crippen LogP contribution < -0.4 is 10.0 Å². The lowest BCUT2D eigenvalue weighted by Crippen LogP contribution is -2.47. The van der Waals surface area contributed by atoms with Gasteiger partial charge in [0.25, 0.3) is 0 Å². The Morgan fingerprint density at radius 2 is 2.07 bits per heavy atom. The molecule has 0 radical (unpaired) electrons. The van der Waals surface area contributed by atoms with Gasteiger partial charge in [0, 0.05) is 5.02 Å². The van der Waals surface area contributed by atoms with E-state index in [0.29, 0.717) is 17.2 Å². The number of halogens is 2. The van der Waals surface area contributed by atoms with Gasteiger partial charge in [0.2, 0.25) is 15.9 Å². The molecule has 0 spiro atoms. The summed E-state index contributed by atoms with van der Waals surface area (Å²) in [6.45, 7) is 0. The Morgan fingerprint density at radius 1 is 1.31 bits per heavy atom. The van der Waals surface area contributed by atoms with Crippen molar-refractivity contribution in [1.82, 2.24) is 10.0 Å². The predicted molar refractivity (Wildman–Crippen MR) is 114 cm³/mol. The largest absolute Gasteiger partial charge is 0.348 e. The average Bonchev–Trinajstić information content (AvgIpc) is 3.06. The number of hydrogen-bond donors (Lipinski definition) is 2. The van der Waals surface area contributed by atoms with Crippen molar-refractivity contribution in [3.63, 3.8) is 0 Å². The Bertz CT molecular complexity index is 1000. The number of benzene rings is 2. The molecule has 0 bridgehead atoms. The van der Waals surface area contributed by atoms with Crippen LogP contribution in [0.4, 0.5) is 4.39 Å². The number of rotatable bonds is 8. The number of hydrogen-bond acceptors (Lipinski definition) is 4. The SMILES string of the molecule is CSCCC(NS(=O)(=O)c1ccccc1F)C(=O)NC1CCc2cc(Cl)ccc21. The third-order valence-electron chi connectivity index (χ3n) is 4.85. The first kappa shape index (κ1) is 22.1. The van der Waals surface area contributed by atoms with E-state index in [-0.39, 0.29) is 6.04 Å². The standard InChI is InChI=1S/C20H22ClFN2O3S2/c1-28-11-10-18(24-29(26,27)19-5-3-2-4-16(19)22)20(25)23-17-9-6-13-12-14(21)7-8-15(13)17/h2-5,7-8,12,17-18,24H,6,9-11H2,1H3,(H,23,25). The molecule has 0 aliphatic heterocycles. The van der Waals surface area contributed by atoms with Gasteiger partial charge in [0.05, 0.1) is 6.04 Å². The molecule has 156 valence electrons. The fraction of sp³-hybridized carbons (Fsp3) is 0.350. The van der Waals surface area contributed by atoms with Gasteiger partial charge in [0.1, 0.15) is 16.8 Å². The molecule has 1 amide bonds. The van der Waals surface area contributed by atoms with Crippen LogP contribution in [0.3, 0.4) is 0 Å². The highest BCUT2D eigenvalue weighted by Crippen LogP contribution is 2.33. The Labute approximate surface area is 179 Å². The lowest BCUT2D eigenvalue weighted by Gasteiger charge is -2.21. The molecule has 1 aliphatic carbocycles. The molecule has 0 saturated heterocycles. The highest BCUT2D eigenvalue weighted by molar-refractivity contribution is 7.98. The number of fused-ring (bicyclic) bond motifs is 1. The third-order valence-corrected chi connectivity index (χ3v) is 7.23. The van der Waals surface area contributed by atoms with Crippen molar-refractivity contribution in [3.8, 4) is 0 Å². The zero-order chi connectivity index (χ0) is 21.0. The number of carbonyl (C=O) groups is 1. The fourth-order valence-corrected chi connectivity index (χ4v) is 5.38. The number of sulfonamides is 1. The van der Waals surface area contributed by atoms with Crippen molar-refractivity contribution < 1.29 is 17.6 Å². The van der Waals surface area contributed by atoms with Gasteiger partial charge in [-0.25, -0.2) is 12.8 Å². The van der Waals surface area contributed by atoms with Gasteiger partial charge < -0.3 is 5.32 Å². The molecule has 2 atom stereocenters. The molecule has 9 heteroatoms. The highest BCUT2D eigenvalue weighted by Gasteiger charge is 2.30. The molecule has 0 saturated carbocycles. The molecule has 0 aromatic heterocycles. The minimum Gasteiger partial charge on any atom is -0.348 e. The minimum absolute atomic E-state index is 0.204. The van der Waals surface area contributed by atoms with Crippen molar-refractivity contribution in [2.45, 2.75) is 36.2 Å². The van der Waals surface area contributed by atoms with E-state index in [2.05, 4.69) is 10.0 Å². The van der Waals surface area contributed by atoms with Crippen molar-refractivity contribution in [1.29, 1.82) is 0 Å². The van der Waals surface area contributed by atoms with Crippen LogP contribution in [0.25, 0.3) is 0 Å². The number of aryl methyl sites for hydroxylation is 1. The topological polar surface area (TPSA) is 75.3 Å². The number of carbonyl (C=O) groups excluding carboxylic acids is 1. The maximum atomic E-state index is 14.0. The lowest BCUT2D eigenvalue weighted by molar-refractivity contribution is -0.123. The van der Waals surface area contributed by atoms with Gasteiger partial charge in [-0.15, -0.1) is 0 Å². The molecule has 0 heterocycles. The normalized spacial score (nSPS) is 17.0. The Kier molecular flexibility index (Phi) is 7.21. The quantitative estimate of drug-likeness (QED) is 0.635. The Morgan fingerprint density at radius 3 is 2.79 bits per heavy atom. The monoisotopic (exact) mass is 456 g/mol. The van der Waals surface area contributed by atoms with Crippen LogP contribution in [0.15, 0.2) is 47.4 Å². The second kappa shape index (κ2) is 9.47. The zero-order valence-corrected chi connectivity index (χ0v) is 18.2. The molecular formula is C20H22ClFN2O3S2. The Balaban J connectivity index is 1.77. The molecule has 1 aliphatic rings. The van der Waals surface area contributed by atoms with Gasteiger partial charge in [-0.2, -0.15) is 16.5 Å². The van der Waals surface area contributed by atoms with Gasteiger partial charge in [-0.1, -0.05) is 29.8 Å². The lowest BCUT2D eigenvalue weighted by atomic mass is 10.1. The van der Waals surface area contributed by atoms with E-state index in [1.165, 1.54) is 30.0 Å². The maximum Gasteiger partial charge on any atom is 0.244 e. The van der Waals surface area contributed by atoms with Crippen molar-refractivity contribution in [3.05, 3.63) is 64.4 Å². The maximum absolute atomic E-state index is 14.0. The first-order valence-electron chi connectivity index (χ1n) is 9.16. The first-order valence-corrected chi connectivity index (χ1v) is 12.4. The smallest absolute Gasteiger partial charge is 0.244 e. The van der Waals surface area contributed by atoms with Crippen molar-refractivity contribution in [2.24, 2.45) is 0 Å². The molecular weight excluding hydrogens is 435 g/mol. The summed E-state index contributed by atoms with van der Waals surface area (Å²) in [5.74, 6) is -0.702. The second-order valence-corrected chi connectivity index (χ2v) is 9.93. The summed E-state index contributed by atoms with van der Waals surface area (Å²) in [7, 11) is -4.18. The molecule has 2 unspecified atom stereocenters. The van der Waals surface area contributed by atoms with E-state index in [0.717, 1.165) is 30.0 Å². The van der Waals surface area contributed by atoms with Gasteiger partial charge in [-0.3, -0.25) is 4.79 Å². The zero-order valence-electron chi connectivity index (χ0n) is 15.8. The third kappa shape index (κ3) is 5.31. The van der Waals surface area contributed by atoms with Crippen LogP contribution in [0.1, 0.15) is 30.0 Å². The number of nitrogens with one attached hydrogen (secondary N) is 2. The van der Waals surface area contributed by atoms with E-state index in [1.807, 2.05) is 18.4 Å². The number of thioether (sulfide) groups is 1. The molecule has 5 nitrogen and oxygen atoms in total. The average molecular weight is 457 g/mol. The highest BCUT2D eigenvalue weighted by atomic mass is 35.5. The minimum atomic E-state index is -4.18. The summed E-state index contributed by atoms with van der Waals surface area (Å²) < 4.78 is 41.7. The Hall–Kier alpha value is -1.61. The molecule has 3 rings (SSSR count). The van der Waals surface area contributed by atoms with Crippen molar-refractivity contribution >= 4 is 39.3 Å². The van der Waals surface area contributed by atoms with E-state index in [9.17, 15) is 17.6 Å². The van der Waals surface area contributed by atoms with E-state index in [4.69, 9.17) is 11.6 Å². The summed E-state index contributed by atoms with van der Waals surface area (Å²) in [6.07, 6.45) is 3.67. The summed E-state index contributed by atoms with van der Waals surface area (Å²) in [5, 5.41) is 3.58. The van der Waals surface area contributed by atoms with Crippen LogP contribution >= 0.6 is 23.4 Å². The van der Waals surface area contributed by atoms with Crippen LogP contribution in [0.2, 0.25) is 5.02 Å². The van der Waals surface area contributed by atoms with Crippen LogP contribution in [-0.2, 0) is 21.2 Å². The van der Waals surface area contributed by atoms with Crippen LogP contribution in [0, 0.1) is 5.82 Å².